The molecule has 2 unspecified atom stereocenters. The smallest absolute Gasteiger partial charge is 0.102 e. The molecule has 0 radical (unpaired) electrons. The molecule has 1 fully saturated rings. The van der Waals surface area contributed by atoms with Crippen LogP contribution in [0.1, 0.15) is 32.3 Å². The minimum atomic E-state index is -0.728. The lowest BCUT2D eigenvalue weighted by Crippen LogP contribution is -2.45. The highest BCUT2D eigenvalue weighted by atomic mass is 16.3. The maximum Gasteiger partial charge on any atom is 0.102 e. The van der Waals surface area contributed by atoms with Crippen LogP contribution < -0.4 is 0 Å². The molecule has 1 aliphatic heterocycles. The van der Waals surface area contributed by atoms with Gasteiger partial charge >= 0.3 is 0 Å². The van der Waals surface area contributed by atoms with E-state index in [0.717, 1.165) is 25.1 Å². The van der Waals surface area contributed by atoms with Gasteiger partial charge in [-0.25, -0.2) is 0 Å². The second-order valence-electron chi connectivity index (χ2n) is 4.80. The van der Waals surface area contributed by atoms with Crippen LogP contribution in [0.4, 0.5) is 0 Å². The van der Waals surface area contributed by atoms with Crippen molar-refractivity contribution in [2.75, 3.05) is 13.1 Å². The lowest BCUT2D eigenvalue weighted by atomic mass is 9.87. The Hall–Kier alpha value is -0.860. The quantitative estimate of drug-likeness (QED) is 0.843. The number of rotatable bonds is 3. The predicted molar refractivity (Wildman–Crippen MR) is 66.3 cm³/mol. The van der Waals surface area contributed by atoms with Crippen molar-refractivity contribution in [3.63, 3.8) is 0 Å². The predicted octanol–water partition coefficient (Wildman–Crippen LogP) is 2.38. The Bertz CT molecular complexity index is 334. The van der Waals surface area contributed by atoms with E-state index in [0.29, 0.717) is 0 Å². The summed E-state index contributed by atoms with van der Waals surface area (Å²) < 4.78 is 0. The van der Waals surface area contributed by atoms with Crippen LogP contribution >= 0.6 is 0 Å². The molecule has 2 heteroatoms. The van der Waals surface area contributed by atoms with Gasteiger partial charge in [0.1, 0.15) is 5.60 Å². The van der Waals surface area contributed by atoms with E-state index in [-0.39, 0.29) is 6.04 Å². The Morgan fingerprint density at radius 3 is 2.69 bits per heavy atom. The second kappa shape index (κ2) is 4.56. The van der Waals surface area contributed by atoms with Crippen LogP contribution in [0, 0.1) is 0 Å². The van der Waals surface area contributed by atoms with Crippen LogP contribution in [0.2, 0.25) is 0 Å². The fourth-order valence-corrected chi connectivity index (χ4v) is 2.81. The first-order valence-electron chi connectivity index (χ1n) is 6.18. The van der Waals surface area contributed by atoms with Crippen LogP contribution in [0.5, 0.6) is 0 Å². The monoisotopic (exact) mass is 219 g/mol. The lowest BCUT2D eigenvalue weighted by Gasteiger charge is -2.36. The van der Waals surface area contributed by atoms with Gasteiger partial charge in [-0.05, 0) is 38.4 Å². The molecule has 1 heterocycles. The second-order valence-corrected chi connectivity index (χ2v) is 4.80. The highest BCUT2D eigenvalue weighted by molar-refractivity contribution is 5.24. The molecule has 0 saturated carbocycles. The number of likely N-dealkylation sites (tertiary alicyclic amines) is 1. The zero-order valence-corrected chi connectivity index (χ0v) is 10.2. The van der Waals surface area contributed by atoms with E-state index in [4.69, 9.17) is 0 Å². The van der Waals surface area contributed by atoms with Gasteiger partial charge in [0.25, 0.3) is 0 Å². The van der Waals surface area contributed by atoms with Crippen molar-refractivity contribution in [1.82, 2.24) is 4.90 Å². The normalized spacial score (nSPS) is 25.6. The Morgan fingerprint density at radius 1 is 1.38 bits per heavy atom. The molecule has 0 bridgehead atoms. The summed E-state index contributed by atoms with van der Waals surface area (Å²) in [6.07, 6.45) is 2.29. The molecule has 1 aromatic rings. The molecule has 1 N–H and O–H groups in total. The third-order valence-electron chi connectivity index (χ3n) is 3.78. The Kier molecular flexibility index (Phi) is 3.31. The molecule has 2 atom stereocenters. The van der Waals surface area contributed by atoms with Crippen molar-refractivity contribution in [3.05, 3.63) is 35.9 Å². The first kappa shape index (κ1) is 11.6. The highest BCUT2D eigenvalue weighted by Gasteiger charge is 2.39. The van der Waals surface area contributed by atoms with E-state index in [1.165, 1.54) is 6.42 Å². The summed E-state index contributed by atoms with van der Waals surface area (Å²) in [5.74, 6) is 0. The molecule has 0 amide bonds. The molecular formula is C14H21NO. The SMILES string of the molecule is CCN1CCCC1C(C)(O)c1ccccc1. The van der Waals surface area contributed by atoms with E-state index in [1.54, 1.807) is 0 Å². The molecule has 0 spiro atoms. The zero-order chi connectivity index (χ0) is 11.6. The average Bonchev–Trinajstić information content (AvgIpc) is 2.79. The molecule has 16 heavy (non-hydrogen) atoms. The minimum absolute atomic E-state index is 0.264. The summed E-state index contributed by atoms with van der Waals surface area (Å²) in [5.41, 5.74) is 0.300. The zero-order valence-electron chi connectivity index (χ0n) is 10.2. The Morgan fingerprint density at radius 2 is 2.06 bits per heavy atom. The van der Waals surface area contributed by atoms with Crippen LogP contribution in [0.25, 0.3) is 0 Å². The van der Waals surface area contributed by atoms with Crippen molar-refractivity contribution >= 4 is 0 Å². The van der Waals surface area contributed by atoms with Crippen molar-refractivity contribution in [3.8, 4) is 0 Å². The van der Waals surface area contributed by atoms with Crippen LogP contribution in [0.3, 0.4) is 0 Å². The number of aliphatic hydroxyl groups is 1. The molecule has 88 valence electrons. The van der Waals surface area contributed by atoms with Gasteiger partial charge in [-0.1, -0.05) is 37.3 Å². The van der Waals surface area contributed by atoms with Gasteiger partial charge in [0, 0.05) is 6.04 Å². The fraction of sp³-hybridized carbons (Fsp3) is 0.571. The molecule has 1 aliphatic rings. The largest absolute Gasteiger partial charge is 0.384 e. The number of nitrogens with zero attached hydrogens (tertiary/aromatic N) is 1. The van der Waals surface area contributed by atoms with Gasteiger partial charge in [0.15, 0.2) is 0 Å². The summed E-state index contributed by atoms with van der Waals surface area (Å²) in [6, 6.07) is 10.3. The molecule has 0 aliphatic carbocycles. The van der Waals surface area contributed by atoms with Gasteiger partial charge in [0.2, 0.25) is 0 Å². The van der Waals surface area contributed by atoms with Crippen molar-refractivity contribution in [2.45, 2.75) is 38.3 Å². The minimum Gasteiger partial charge on any atom is -0.384 e. The third-order valence-corrected chi connectivity index (χ3v) is 3.78. The molecule has 2 rings (SSSR count). The fourth-order valence-electron chi connectivity index (χ4n) is 2.81. The van der Waals surface area contributed by atoms with Gasteiger partial charge in [-0.3, -0.25) is 4.90 Å². The number of hydrogen-bond acceptors (Lipinski definition) is 2. The van der Waals surface area contributed by atoms with Gasteiger partial charge in [0.05, 0.1) is 0 Å². The third kappa shape index (κ3) is 2.00. The summed E-state index contributed by atoms with van der Waals surface area (Å²) in [7, 11) is 0. The maximum absolute atomic E-state index is 10.7. The first-order valence-corrected chi connectivity index (χ1v) is 6.18. The van der Waals surface area contributed by atoms with Crippen molar-refractivity contribution in [2.24, 2.45) is 0 Å². The number of likely N-dealkylation sites (N-methyl/N-ethyl adjacent to an activating group) is 1. The first-order chi connectivity index (χ1) is 7.66. The van der Waals surface area contributed by atoms with E-state index >= 15 is 0 Å². The molecule has 1 aromatic carbocycles. The van der Waals surface area contributed by atoms with Crippen LogP contribution in [-0.2, 0) is 5.60 Å². The van der Waals surface area contributed by atoms with Crippen LogP contribution in [0.15, 0.2) is 30.3 Å². The molecule has 0 aromatic heterocycles. The van der Waals surface area contributed by atoms with Crippen LogP contribution in [-0.4, -0.2) is 29.1 Å². The summed E-state index contributed by atoms with van der Waals surface area (Å²) in [6.45, 7) is 6.25. The van der Waals surface area contributed by atoms with Gasteiger partial charge in [-0.15, -0.1) is 0 Å². The maximum atomic E-state index is 10.7. The Labute approximate surface area is 97.9 Å². The summed E-state index contributed by atoms with van der Waals surface area (Å²) >= 11 is 0. The van der Waals surface area contributed by atoms with E-state index in [2.05, 4.69) is 11.8 Å². The average molecular weight is 219 g/mol. The summed E-state index contributed by atoms with van der Waals surface area (Å²) in [5, 5.41) is 10.7. The van der Waals surface area contributed by atoms with E-state index < -0.39 is 5.60 Å². The van der Waals surface area contributed by atoms with Crippen molar-refractivity contribution < 1.29 is 5.11 Å². The van der Waals surface area contributed by atoms with Gasteiger partial charge in [-0.2, -0.15) is 0 Å². The molecular weight excluding hydrogens is 198 g/mol. The topological polar surface area (TPSA) is 23.5 Å². The van der Waals surface area contributed by atoms with E-state index in [1.807, 2.05) is 37.3 Å². The Balaban J connectivity index is 2.24. The standard InChI is InChI=1S/C14H21NO/c1-3-15-11-7-10-13(15)14(2,16)12-8-5-4-6-9-12/h4-6,8-9,13,16H,3,7,10-11H2,1-2H3. The van der Waals surface area contributed by atoms with Crippen molar-refractivity contribution in [1.29, 1.82) is 0 Å². The highest BCUT2D eigenvalue weighted by Crippen LogP contribution is 2.34. The molecule has 2 nitrogen and oxygen atoms in total. The summed E-state index contributed by atoms with van der Waals surface area (Å²) in [4.78, 5) is 2.38. The van der Waals surface area contributed by atoms with Gasteiger partial charge < -0.3 is 5.11 Å². The number of hydrogen-bond donors (Lipinski definition) is 1. The van der Waals surface area contributed by atoms with E-state index in [9.17, 15) is 5.11 Å². The molecule has 1 saturated heterocycles. The lowest BCUT2D eigenvalue weighted by molar-refractivity contribution is -0.0214. The number of benzene rings is 1.